The number of allylic oxidation sites excluding steroid dienone is 2. The summed E-state index contributed by atoms with van der Waals surface area (Å²) in [5, 5.41) is 3.63. The molecule has 1 aliphatic rings. The molecule has 0 saturated heterocycles. The third-order valence-electron chi connectivity index (χ3n) is 5.54. The van der Waals surface area contributed by atoms with Crippen molar-refractivity contribution >= 4 is 5.57 Å². The molecule has 2 unspecified atom stereocenters. The van der Waals surface area contributed by atoms with Crippen LogP contribution in [0.15, 0.2) is 42.0 Å². The van der Waals surface area contributed by atoms with Gasteiger partial charge in [0.05, 0.1) is 5.54 Å². The average Bonchev–Trinajstić information content (AvgIpc) is 2.53. The van der Waals surface area contributed by atoms with Crippen molar-refractivity contribution in [1.29, 1.82) is 0 Å². The van der Waals surface area contributed by atoms with Crippen molar-refractivity contribution in [2.75, 3.05) is 7.05 Å². The third kappa shape index (κ3) is 2.79. The van der Waals surface area contributed by atoms with E-state index in [0.29, 0.717) is 0 Å². The Labute approximate surface area is 136 Å². The average molecular weight is 297 g/mol. The molecule has 1 heteroatoms. The molecular formula is C21H31N. The first-order chi connectivity index (χ1) is 10.4. The fourth-order valence-corrected chi connectivity index (χ4v) is 3.79. The number of hydrogen-bond donors (Lipinski definition) is 1. The molecule has 2 rings (SSSR count). The largest absolute Gasteiger partial charge is 0.307 e. The van der Waals surface area contributed by atoms with E-state index in [1.165, 1.54) is 23.1 Å². The third-order valence-corrected chi connectivity index (χ3v) is 5.54. The first-order valence-electron chi connectivity index (χ1n) is 8.59. The molecule has 1 aromatic rings. The van der Waals surface area contributed by atoms with E-state index < -0.39 is 0 Å². The van der Waals surface area contributed by atoms with Gasteiger partial charge in [0, 0.05) is 0 Å². The second kappa shape index (κ2) is 6.42. The molecular weight excluding hydrogens is 266 g/mol. The van der Waals surface area contributed by atoms with E-state index in [2.05, 4.69) is 83.4 Å². The standard InChI is InChI=1S/C21H31N/c1-7-9-19-20(4,8-2)15-14-18(21(19,5)22-6)17-12-10-16(3)11-13-17/h9-14,22H,7-8,15H2,1-6H3/b19-9+. The van der Waals surface area contributed by atoms with Gasteiger partial charge in [0.1, 0.15) is 0 Å². The Morgan fingerprint density at radius 3 is 2.27 bits per heavy atom. The first kappa shape index (κ1) is 17.0. The van der Waals surface area contributed by atoms with Crippen LogP contribution in [-0.4, -0.2) is 12.6 Å². The monoisotopic (exact) mass is 297 g/mol. The highest BCUT2D eigenvalue weighted by Gasteiger charge is 2.44. The highest BCUT2D eigenvalue weighted by molar-refractivity contribution is 5.78. The molecule has 0 spiro atoms. The van der Waals surface area contributed by atoms with Crippen LogP contribution >= 0.6 is 0 Å². The van der Waals surface area contributed by atoms with Crippen LogP contribution in [0.25, 0.3) is 5.57 Å². The molecule has 22 heavy (non-hydrogen) atoms. The Kier molecular flexibility index (Phi) is 4.97. The summed E-state index contributed by atoms with van der Waals surface area (Å²) in [5.41, 5.74) is 5.78. The quantitative estimate of drug-likeness (QED) is 0.722. The van der Waals surface area contributed by atoms with Crippen molar-refractivity contribution < 1.29 is 0 Å². The van der Waals surface area contributed by atoms with E-state index in [-0.39, 0.29) is 11.0 Å². The molecule has 0 radical (unpaired) electrons. The van der Waals surface area contributed by atoms with E-state index in [1.54, 1.807) is 5.57 Å². The lowest BCUT2D eigenvalue weighted by Crippen LogP contribution is -2.49. The number of rotatable bonds is 4. The molecule has 0 heterocycles. The van der Waals surface area contributed by atoms with Gasteiger partial charge >= 0.3 is 0 Å². The van der Waals surface area contributed by atoms with Crippen LogP contribution < -0.4 is 5.32 Å². The zero-order valence-electron chi connectivity index (χ0n) is 15.1. The number of benzene rings is 1. The molecule has 0 fully saturated rings. The molecule has 0 bridgehead atoms. The summed E-state index contributed by atoms with van der Waals surface area (Å²) in [5.74, 6) is 0. The van der Waals surface area contributed by atoms with Gasteiger partial charge in [0.2, 0.25) is 0 Å². The molecule has 1 aromatic carbocycles. The van der Waals surface area contributed by atoms with Gasteiger partial charge in [-0.1, -0.05) is 62.8 Å². The van der Waals surface area contributed by atoms with Crippen molar-refractivity contribution in [3.05, 3.63) is 53.1 Å². The SMILES string of the molecule is CC/C=C1\C(C)(CC)CC=C(c2ccc(C)cc2)C1(C)NC. The predicted molar refractivity (Wildman–Crippen MR) is 98.0 cm³/mol. The fraction of sp³-hybridized carbons (Fsp3) is 0.524. The van der Waals surface area contributed by atoms with Crippen LogP contribution in [-0.2, 0) is 0 Å². The van der Waals surface area contributed by atoms with Crippen molar-refractivity contribution in [3.8, 4) is 0 Å². The number of aryl methyl sites for hydroxylation is 1. The van der Waals surface area contributed by atoms with Gasteiger partial charge in [0.25, 0.3) is 0 Å². The minimum atomic E-state index is -0.0890. The van der Waals surface area contributed by atoms with Crippen molar-refractivity contribution in [2.24, 2.45) is 5.41 Å². The zero-order valence-corrected chi connectivity index (χ0v) is 15.1. The zero-order chi connectivity index (χ0) is 16.4. The van der Waals surface area contributed by atoms with Crippen LogP contribution in [0.2, 0.25) is 0 Å². The van der Waals surface area contributed by atoms with Gasteiger partial charge in [-0.05, 0) is 62.3 Å². The van der Waals surface area contributed by atoms with Gasteiger partial charge in [0.15, 0.2) is 0 Å². The molecule has 120 valence electrons. The van der Waals surface area contributed by atoms with Crippen LogP contribution in [0, 0.1) is 12.3 Å². The summed E-state index contributed by atoms with van der Waals surface area (Å²) in [6.07, 6.45) is 8.28. The van der Waals surface area contributed by atoms with Crippen molar-refractivity contribution in [3.63, 3.8) is 0 Å². The molecule has 2 atom stereocenters. The Balaban J connectivity index is 2.60. The number of likely N-dealkylation sites (N-methyl/N-ethyl adjacent to an activating group) is 1. The lowest BCUT2D eigenvalue weighted by molar-refractivity contribution is 0.318. The van der Waals surface area contributed by atoms with E-state index in [4.69, 9.17) is 0 Å². The molecule has 0 aliphatic heterocycles. The van der Waals surface area contributed by atoms with E-state index in [9.17, 15) is 0 Å². The van der Waals surface area contributed by atoms with Crippen LogP contribution in [0.1, 0.15) is 58.1 Å². The Bertz CT molecular complexity index is 578. The summed E-state index contributed by atoms with van der Waals surface area (Å²) in [6.45, 7) is 11.4. The van der Waals surface area contributed by atoms with Crippen molar-refractivity contribution in [2.45, 2.75) is 59.4 Å². The van der Waals surface area contributed by atoms with Gasteiger partial charge in [-0.2, -0.15) is 0 Å². The summed E-state index contributed by atoms with van der Waals surface area (Å²) < 4.78 is 0. The van der Waals surface area contributed by atoms with Crippen LogP contribution in [0.3, 0.4) is 0 Å². The predicted octanol–water partition coefficient (Wildman–Crippen LogP) is 5.51. The van der Waals surface area contributed by atoms with Gasteiger partial charge in [-0.3, -0.25) is 0 Å². The van der Waals surface area contributed by atoms with E-state index in [1.807, 2.05) is 0 Å². The maximum absolute atomic E-state index is 3.63. The van der Waals surface area contributed by atoms with E-state index >= 15 is 0 Å². The summed E-state index contributed by atoms with van der Waals surface area (Å²) >= 11 is 0. The number of nitrogens with one attached hydrogen (secondary N) is 1. The summed E-state index contributed by atoms with van der Waals surface area (Å²) in [7, 11) is 2.09. The van der Waals surface area contributed by atoms with E-state index in [0.717, 1.165) is 12.8 Å². The molecule has 0 aromatic heterocycles. The Hall–Kier alpha value is -1.34. The molecule has 1 aliphatic carbocycles. The maximum atomic E-state index is 3.63. The normalized spacial score (nSPS) is 30.5. The second-order valence-electron chi connectivity index (χ2n) is 7.00. The second-order valence-corrected chi connectivity index (χ2v) is 7.00. The summed E-state index contributed by atoms with van der Waals surface area (Å²) in [6, 6.07) is 8.94. The minimum Gasteiger partial charge on any atom is -0.307 e. The van der Waals surface area contributed by atoms with Gasteiger partial charge < -0.3 is 5.32 Å². The Morgan fingerprint density at radius 1 is 1.14 bits per heavy atom. The maximum Gasteiger partial charge on any atom is 0.0627 e. The van der Waals surface area contributed by atoms with Crippen molar-refractivity contribution in [1.82, 2.24) is 5.32 Å². The van der Waals surface area contributed by atoms with Gasteiger partial charge in [-0.25, -0.2) is 0 Å². The topological polar surface area (TPSA) is 12.0 Å². The first-order valence-corrected chi connectivity index (χ1v) is 8.59. The van der Waals surface area contributed by atoms with Crippen LogP contribution in [0.5, 0.6) is 0 Å². The Morgan fingerprint density at radius 2 is 1.77 bits per heavy atom. The molecule has 1 nitrogen and oxygen atoms in total. The lowest BCUT2D eigenvalue weighted by Gasteiger charge is -2.48. The number of hydrogen-bond acceptors (Lipinski definition) is 1. The molecule has 1 N–H and O–H groups in total. The minimum absolute atomic E-state index is 0.0890. The molecule has 0 saturated carbocycles. The van der Waals surface area contributed by atoms with Gasteiger partial charge in [-0.15, -0.1) is 0 Å². The summed E-state index contributed by atoms with van der Waals surface area (Å²) in [4.78, 5) is 0. The van der Waals surface area contributed by atoms with Crippen LogP contribution in [0.4, 0.5) is 0 Å². The lowest BCUT2D eigenvalue weighted by atomic mass is 9.61. The highest BCUT2D eigenvalue weighted by atomic mass is 14.9. The highest BCUT2D eigenvalue weighted by Crippen LogP contribution is 2.50. The fourth-order valence-electron chi connectivity index (χ4n) is 3.79. The smallest absolute Gasteiger partial charge is 0.0627 e. The molecule has 0 amide bonds.